The molecule has 2 aromatic rings. The standard InChI is InChI=1S/C26H35F2N2O8PS/c1-24(2,3)16-7-17(25(4,5)6)18(27)14-10-36-39(35,11-15(14)16)37-12-26(28)20(33)19(32)22(38-26)30-8-13(9-31)21(34)29-23(30)40/h7-8,19-20,22,31-33H,9-12H2,1-6H3,(H,29,34,40)/t19-,20+,22-,26-,39?/m1/s1/i12D2,22D. The number of H-pyrrole nitrogens is 1. The lowest BCUT2D eigenvalue weighted by Crippen LogP contribution is -2.43. The van der Waals surface area contributed by atoms with Crippen molar-refractivity contribution >= 4 is 19.8 Å². The number of hydrogen-bond donors (Lipinski definition) is 4. The first-order chi connectivity index (χ1) is 19.4. The average molecular weight is 608 g/mol. The zero-order valence-electron chi connectivity index (χ0n) is 25.9. The highest BCUT2D eigenvalue weighted by molar-refractivity contribution is 7.71. The molecule has 3 heterocycles. The van der Waals surface area contributed by atoms with Gasteiger partial charge in [-0.15, -0.1) is 0 Å². The molecule has 40 heavy (non-hydrogen) atoms. The first-order valence-corrected chi connectivity index (χ1v) is 14.6. The van der Waals surface area contributed by atoms with Gasteiger partial charge in [0.1, 0.15) is 24.6 Å². The Morgan fingerprint density at radius 2 is 1.90 bits per heavy atom. The van der Waals surface area contributed by atoms with Crippen molar-refractivity contribution in [1.82, 2.24) is 9.55 Å². The summed E-state index contributed by atoms with van der Waals surface area (Å²) < 4.78 is 86.6. The largest absolute Gasteiger partial charge is 0.391 e. The van der Waals surface area contributed by atoms with Crippen LogP contribution in [0.3, 0.4) is 0 Å². The number of fused-ring (bicyclic) bond motifs is 1. The van der Waals surface area contributed by atoms with E-state index in [4.69, 9.17) is 30.1 Å². The maximum Gasteiger partial charge on any atom is 0.335 e. The number of alkyl halides is 1. The van der Waals surface area contributed by atoms with Gasteiger partial charge in [-0.3, -0.25) is 18.9 Å². The Morgan fingerprint density at radius 3 is 2.48 bits per heavy atom. The third kappa shape index (κ3) is 5.63. The van der Waals surface area contributed by atoms with Crippen LogP contribution >= 0.6 is 19.8 Å². The number of nitrogens with one attached hydrogen (secondary N) is 1. The summed E-state index contributed by atoms with van der Waals surface area (Å²) in [5.74, 6) is -4.63. The lowest BCUT2D eigenvalue weighted by atomic mass is 9.76. The maximum atomic E-state index is 16.4. The van der Waals surface area contributed by atoms with Gasteiger partial charge in [-0.05, 0) is 39.7 Å². The Labute approximate surface area is 239 Å². The number of rotatable bonds is 5. The van der Waals surface area contributed by atoms with E-state index in [-0.39, 0.29) is 16.7 Å². The summed E-state index contributed by atoms with van der Waals surface area (Å²) in [6, 6.07) is 1.65. The minimum Gasteiger partial charge on any atom is -0.391 e. The molecule has 4 rings (SSSR count). The second kappa shape index (κ2) is 10.5. The third-order valence-corrected chi connectivity index (χ3v) is 8.68. The highest BCUT2D eigenvalue weighted by atomic mass is 32.1. The number of nitrogens with zero attached hydrogens (tertiary/aromatic N) is 1. The molecule has 5 atom stereocenters. The van der Waals surface area contributed by atoms with E-state index in [1.807, 2.05) is 41.5 Å². The molecule has 0 saturated carbocycles. The minimum atomic E-state index is -4.65. The van der Waals surface area contributed by atoms with Crippen LogP contribution in [0.1, 0.15) is 79.7 Å². The van der Waals surface area contributed by atoms with Gasteiger partial charge in [0.25, 0.3) is 11.4 Å². The molecule has 14 heteroatoms. The van der Waals surface area contributed by atoms with Gasteiger partial charge in [0.15, 0.2) is 11.0 Å². The summed E-state index contributed by atoms with van der Waals surface area (Å²) in [4.78, 5) is 14.1. The van der Waals surface area contributed by atoms with Crippen LogP contribution in [-0.2, 0) is 48.6 Å². The number of hydrogen-bond acceptors (Lipinski definition) is 9. The van der Waals surface area contributed by atoms with E-state index in [9.17, 15) is 24.7 Å². The van der Waals surface area contributed by atoms with E-state index in [0.29, 0.717) is 15.7 Å². The molecule has 1 unspecified atom stereocenters. The summed E-state index contributed by atoms with van der Waals surface area (Å²) in [5, 5.41) is 30.8. The average Bonchev–Trinajstić information content (AvgIpc) is 3.03. The van der Waals surface area contributed by atoms with E-state index in [1.54, 1.807) is 6.07 Å². The molecule has 222 valence electrons. The van der Waals surface area contributed by atoms with E-state index in [0.717, 1.165) is 6.20 Å². The van der Waals surface area contributed by atoms with E-state index in [2.05, 4.69) is 4.98 Å². The van der Waals surface area contributed by atoms with Crippen molar-refractivity contribution < 1.29 is 46.6 Å². The van der Waals surface area contributed by atoms with Crippen LogP contribution in [0.5, 0.6) is 0 Å². The lowest BCUT2D eigenvalue weighted by molar-refractivity contribution is -0.204. The molecule has 0 amide bonds. The van der Waals surface area contributed by atoms with Crippen LogP contribution in [0.2, 0.25) is 0 Å². The Morgan fingerprint density at radius 1 is 1.27 bits per heavy atom. The summed E-state index contributed by atoms with van der Waals surface area (Å²) in [7, 11) is -4.65. The summed E-state index contributed by atoms with van der Waals surface area (Å²) >= 11 is 4.98. The first kappa shape index (κ1) is 27.0. The molecular formula is C26H35F2N2O8PS. The Kier molecular flexibility index (Phi) is 7.07. The fourth-order valence-electron chi connectivity index (χ4n) is 4.56. The number of aliphatic hydroxyl groups excluding tert-OH is 3. The van der Waals surface area contributed by atoms with Crippen molar-refractivity contribution in [3.63, 3.8) is 0 Å². The number of aromatic nitrogens is 2. The molecule has 0 aliphatic carbocycles. The van der Waals surface area contributed by atoms with Crippen molar-refractivity contribution in [3.8, 4) is 0 Å². The molecule has 0 spiro atoms. The number of aromatic amines is 1. The normalized spacial score (nSPS) is 32.3. The minimum absolute atomic E-state index is 0.104. The zero-order valence-corrected chi connectivity index (χ0v) is 24.6. The molecule has 2 aliphatic heterocycles. The molecule has 1 aromatic heterocycles. The van der Waals surface area contributed by atoms with Crippen LogP contribution in [-0.4, -0.2) is 49.5 Å². The van der Waals surface area contributed by atoms with Crippen LogP contribution in [0, 0.1) is 10.6 Å². The third-order valence-electron chi connectivity index (χ3n) is 6.79. The highest BCUT2D eigenvalue weighted by Crippen LogP contribution is 2.58. The van der Waals surface area contributed by atoms with Crippen molar-refractivity contribution in [3.05, 3.63) is 61.0 Å². The van der Waals surface area contributed by atoms with Gasteiger partial charge in [-0.1, -0.05) is 47.6 Å². The highest BCUT2D eigenvalue weighted by Gasteiger charge is 2.57. The Hall–Kier alpha value is -1.83. The van der Waals surface area contributed by atoms with E-state index >= 15 is 8.78 Å². The number of halogens is 2. The number of ether oxygens (including phenoxy) is 1. The van der Waals surface area contributed by atoms with E-state index in [1.165, 1.54) is 0 Å². The number of aliphatic hydroxyl groups is 3. The topological polar surface area (TPSA) is 143 Å². The molecular weight excluding hydrogens is 569 g/mol. The first-order valence-electron chi connectivity index (χ1n) is 13.9. The molecule has 1 fully saturated rings. The van der Waals surface area contributed by atoms with Crippen molar-refractivity contribution in [2.75, 3.05) is 6.56 Å². The van der Waals surface area contributed by atoms with Gasteiger partial charge in [0, 0.05) is 11.8 Å². The zero-order chi connectivity index (χ0) is 32.7. The monoisotopic (exact) mass is 607 g/mol. The second-order valence-corrected chi connectivity index (χ2v) is 14.3. The SMILES string of the molecule is [2H]C([2H])(OP1(=O)Cc2c(C(C)(C)C)cc(C(C)(C)C)c(F)c2CO1)[C@@]1(F)O[C@@]([2H])(n2cc(CO)c(=O)[nH]c2=S)[C@H](O)[C@@H]1O. The fourth-order valence-corrected chi connectivity index (χ4v) is 6.34. The predicted octanol–water partition coefficient (Wildman–Crippen LogP) is 3.99. The number of benzene rings is 1. The van der Waals surface area contributed by atoms with Crippen molar-refractivity contribution in [2.24, 2.45) is 0 Å². The molecule has 0 bridgehead atoms. The summed E-state index contributed by atoms with van der Waals surface area (Å²) in [5.41, 5.74) is -1.06. The van der Waals surface area contributed by atoms with Gasteiger partial charge < -0.3 is 29.1 Å². The van der Waals surface area contributed by atoms with Gasteiger partial charge in [-0.2, -0.15) is 0 Å². The van der Waals surface area contributed by atoms with Gasteiger partial charge in [0.05, 0.1) is 29.1 Å². The van der Waals surface area contributed by atoms with E-state index < -0.39 is 84.8 Å². The Bertz CT molecular complexity index is 1630. The molecule has 10 nitrogen and oxygen atoms in total. The fraction of sp³-hybridized carbons (Fsp3) is 0.615. The van der Waals surface area contributed by atoms with Crippen LogP contribution in [0.4, 0.5) is 8.78 Å². The smallest absolute Gasteiger partial charge is 0.335 e. The molecule has 0 radical (unpaired) electrons. The molecule has 2 aliphatic rings. The van der Waals surface area contributed by atoms with Crippen LogP contribution < -0.4 is 5.56 Å². The van der Waals surface area contributed by atoms with Gasteiger partial charge in [-0.25, -0.2) is 8.78 Å². The van der Waals surface area contributed by atoms with Crippen LogP contribution in [0.15, 0.2) is 17.1 Å². The Balaban J connectivity index is 1.74. The summed E-state index contributed by atoms with van der Waals surface area (Å²) in [6.07, 6.45) is -8.30. The maximum absolute atomic E-state index is 16.4. The molecule has 4 N–H and O–H groups in total. The summed E-state index contributed by atoms with van der Waals surface area (Å²) in [6.45, 7) is 5.77. The van der Waals surface area contributed by atoms with Crippen molar-refractivity contribution in [2.45, 2.75) is 96.0 Å². The predicted molar refractivity (Wildman–Crippen MR) is 144 cm³/mol. The van der Waals surface area contributed by atoms with Crippen LogP contribution in [0.25, 0.3) is 0 Å². The quantitative estimate of drug-likeness (QED) is 0.293. The van der Waals surface area contributed by atoms with Crippen molar-refractivity contribution in [1.29, 1.82) is 0 Å². The molecule has 1 saturated heterocycles. The van der Waals surface area contributed by atoms with Gasteiger partial charge >= 0.3 is 7.60 Å². The second-order valence-electron chi connectivity index (χ2n) is 11.9. The lowest BCUT2D eigenvalue weighted by Gasteiger charge is -2.35. The molecule has 1 aromatic carbocycles. The van der Waals surface area contributed by atoms with Gasteiger partial charge in [0.2, 0.25) is 0 Å².